The Kier molecular flexibility index (Phi) is 10.9. The Bertz CT molecular complexity index is 1050. The van der Waals surface area contributed by atoms with E-state index >= 15 is 0 Å². The normalized spacial score (nSPS) is 22.8. The van der Waals surface area contributed by atoms with E-state index in [4.69, 9.17) is 25.8 Å². The summed E-state index contributed by atoms with van der Waals surface area (Å²) in [6, 6.07) is 16.2. The van der Waals surface area contributed by atoms with Crippen LogP contribution in [0, 0.1) is 5.92 Å². The molecule has 4 atom stereocenters. The van der Waals surface area contributed by atoms with Crippen molar-refractivity contribution >= 4 is 41.8 Å². The third kappa shape index (κ3) is 7.73. The van der Waals surface area contributed by atoms with Crippen molar-refractivity contribution in [1.29, 1.82) is 0 Å². The van der Waals surface area contributed by atoms with Crippen LogP contribution in [0.25, 0.3) is 0 Å². The molecule has 0 aromatic heterocycles. The third-order valence-electron chi connectivity index (χ3n) is 7.54. The van der Waals surface area contributed by atoms with Crippen molar-refractivity contribution in [2.75, 3.05) is 51.2 Å². The Balaban J connectivity index is 1.24. The van der Waals surface area contributed by atoms with E-state index in [0.717, 1.165) is 30.4 Å². The van der Waals surface area contributed by atoms with Crippen LogP contribution in [0.1, 0.15) is 36.3 Å². The van der Waals surface area contributed by atoms with Gasteiger partial charge in [0, 0.05) is 40.9 Å². The van der Waals surface area contributed by atoms with Gasteiger partial charge in [0.25, 0.3) is 0 Å². The van der Waals surface area contributed by atoms with Crippen LogP contribution in [0.2, 0.25) is 5.02 Å². The second-order valence-corrected chi connectivity index (χ2v) is 10.8. The maximum atomic E-state index is 13.3. The Morgan fingerprint density at radius 2 is 1.74 bits per heavy atom. The van der Waals surface area contributed by atoms with Crippen LogP contribution in [0.4, 0.5) is 5.69 Å². The van der Waals surface area contributed by atoms with Crippen molar-refractivity contribution in [2.45, 2.75) is 43.7 Å². The number of carbonyl (C=O) groups excluding carboxylic acids is 2. The topological polar surface area (TPSA) is 77.1 Å². The lowest BCUT2D eigenvalue weighted by atomic mass is 9.76. The average Bonchev–Trinajstić information content (AvgIpc) is 3.14. The van der Waals surface area contributed by atoms with E-state index in [-0.39, 0.29) is 30.3 Å². The standard InChI is InChI=1S/C29H37ClN2O5S/c1-32-24-10-11-26(32)28(21-4-6-22(30)7-5-21)25(18-24)29(34)37-13-12-20-2-8-23(9-3-20)31-27(33)19-36-15-14-35-16-17-38/h2-9,24-26,28,38H,10-19H2,1H3,(H,31,33). The lowest BCUT2D eigenvalue weighted by Gasteiger charge is -2.42. The van der Waals surface area contributed by atoms with Crippen molar-refractivity contribution < 1.29 is 23.8 Å². The highest BCUT2D eigenvalue weighted by molar-refractivity contribution is 7.80. The van der Waals surface area contributed by atoms with Crippen molar-refractivity contribution in [3.8, 4) is 0 Å². The first kappa shape index (κ1) is 28.9. The predicted octanol–water partition coefficient (Wildman–Crippen LogP) is 4.59. The van der Waals surface area contributed by atoms with Crippen molar-refractivity contribution in [3.05, 3.63) is 64.7 Å². The lowest BCUT2D eigenvalue weighted by Crippen LogP contribution is -2.48. The molecular formula is C29H37ClN2O5S. The number of thiol groups is 1. The highest BCUT2D eigenvalue weighted by Crippen LogP contribution is 2.47. The van der Waals surface area contributed by atoms with Gasteiger partial charge < -0.3 is 19.5 Å². The number of amides is 1. The molecule has 2 bridgehead atoms. The van der Waals surface area contributed by atoms with Crippen LogP contribution in [0.5, 0.6) is 0 Å². The fourth-order valence-electron chi connectivity index (χ4n) is 5.63. The number of nitrogens with one attached hydrogen (secondary N) is 1. The number of halogens is 1. The van der Waals surface area contributed by atoms with Gasteiger partial charge in [-0.1, -0.05) is 35.9 Å². The number of anilines is 1. The second-order valence-electron chi connectivity index (χ2n) is 9.93. The van der Waals surface area contributed by atoms with Gasteiger partial charge in [-0.2, -0.15) is 12.6 Å². The first-order chi connectivity index (χ1) is 18.5. The van der Waals surface area contributed by atoms with E-state index in [1.165, 1.54) is 0 Å². The van der Waals surface area contributed by atoms with Crippen LogP contribution in [-0.4, -0.2) is 74.7 Å². The molecule has 2 aromatic carbocycles. The highest BCUT2D eigenvalue weighted by Gasteiger charge is 2.49. The fraction of sp³-hybridized carbons (Fsp3) is 0.517. The summed E-state index contributed by atoms with van der Waals surface area (Å²) in [6.07, 6.45) is 3.65. The van der Waals surface area contributed by atoms with Gasteiger partial charge >= 0.3 is 5.97 Å². The van der Waals surface area contributed by atoms with E-state index < -0.39 is 0 Å². The molecule has 2 aliphatic heterocycles. The molecule has 2 saturated heterocycles. The molecule has 0 aliphatic carbocycles. The van der Waals surface area contributed by atoms with Gasteiger partial charge in [-0.25, -0.2) is 0 Å². The molecule has 9 heteroatoms. The predicted molar refractivity (Wildman–Crippen MR) is 152 cm³/mol. The molecule has 206 valence electrons. The number of benzene rings is 2. The minimum Gasteiger partial charge on any atom is -0.465 e. The van der Waals surface area contributed by atoms with E-state index in [1.54, 1.807) is 0 Å². The molecule has 1 amide bonds. The zero-order valence-corrected chi connectivity index (χ0v) is 23.5. The zero-order valence-electron chi connectivity index (χ0n) is 21.8. The van der Waals surface area contributed by atoms with Crippen LogP contribution in [0.3, 0.4) is 0 Å². The Labute approximate surface area is 235 Å². The number of hydrogen-bond acceptors (Lipinski definition) is 7. The van der Waals surface area contributed by atoms with Gasteiger partial charge in [-0.15, -0.1) is 0 Å². The minimum atomic E-state index is -0.219. The van der Waals surface area contributed by atoms with E-state index in [1.807, 2.05) is 48.5 Å². The number of fused-ring (bicyclic) bond motifs is 2. The molecule has 4 unspecified atom stereocenters. The highest BCUT2D eigenvalue weighted by atomic mass is 35.5. The van der Waals surface area contributed by atoms with E-state index in [9.17, 15) is 9.59 Å². The van der Waals surface area contributed by atoms with Gasteiger partial charge in [-0.05, 0) is 61.7 Å². The molecule has 0 saturated carbocycles. The Hall–Kier alpha value is -2.10. The fourth-order valence-corrected chi connectivity index (χ4v) is 5.88. The van der Waals surface area contributed by atoms with Crippen molar-refractivity contribution in [1.82, 2.24) is 4.90 Å². The number of nitrogens with zero attached hydrogens (tertiary/aromatic N) is 1. The van der Waals surface area contributed by atoms with Crippen molar-refractivity contribution in [2.24, 2.45) is 5.92 Å². The maximum absolute atomic E-state index is 13.3. The first-order valence-corrected chi connectivity index (χ1v) is 14.3. The average molecular weight is 561 g/mol. The molecule has 0 radical (unpaired) electrons. The molecule has 0 spiro atoms. The molecule has 2 aliphatic rings. The lowest BCUT2D eigenvalue weighted by molar-refractivity contribution is -0.152. The maximum Gasteiger partial charge on any atom is 0.309 e. The SMILES string of the molecule is CN1C2CCC1C(c1ccc(Cl)cc1)C(C(=O)OCCc1ccc(NC(=O)COCCOCCS)cc1)C2. The largest absolute Gasteiger partial charge is 0.465 e. The van der Waals surface area contributed by atoms with Crippen LogP contribution in [-0.2, 0) is 30.2 Å². The summed E-state index contributed by atoms with van der Waals surface area (Å²) in [5, 5.41) is 3.52. The number of rotatable bonds is 13. The molecule has 2 aromatic rings. The summed E-state index contributed by atoms with van der Waals surface area (Å²) in [4.78, 5) is 27.7. The number of esters is 1. The van der Waals surface area contributed by atoms with Crippen molar-refractivity contribution in [3.63, 3.8) is 0 Å². The van der Waals surface area contributed by atoms with E-state index in [0.29, 0.717) is 61.4 Å². The second kappa shape index (κ2) is 14.3. The summed E-state index contributed by atoms with van der Waals surface area (Å²) in [7, 11) is 2.17. The molecule has 2 heterocycles. The van der Waals surface area contributed by atoms with Gasteiger partial charge in [0.15, 0.2) is 0 Å². The molecule has 4 rings (SSSR count). The van der Waals surface area contributed by atoms with Crippen LogP contribution >= 0.6 is 24.2 Å². The Morgan fingerprint density at radius 1 is 1.00 bits per heavy atom. The van der Waals surface area contributed by atoms with E-state index in [2.05, 4.69) is 29.9 Å². The van der Waals surface area contributed by atoms with Crippen LogP contribution < -0.4 is 5.32 Å². The minimum absolute atomic E-state index is 0.0301. The third-order valence-corrected chi connectivity index (χ3v) is 7.97. The number of piperidine rings is 1. The number of likely N-dealkylation sites (N-methyl/N-ethyl adjacent to an activating group) is 1. The molecule has 7 nitrogen and oxygen atoms in total. The molecule has 2 fully saturated rings. The summed E-state index contributed by atoms with van der Waals surface area (Å²) in [5.41, 5.74) is 2.88. The molecule has 38 heavy (non-hydrogen) atoms. The van der Waals surface area contributed by atoms with Crippen LogP contribution in [0.15, 0.2) is 48.5 Å². The molecule has 1 N–H and O–H groups in total. The zero-order chi connectivity index (χ0) is 26.9. The Morgan fingerprint density at radius 3 is 2.47 bits per heavy atom. The first-order valence-electron chi connectivity index (χ1n) is 13.3. The number of hydrogen-bond donors (Lipinski definition) is 2. The summed E-state index contributed by atoms with van der Waals surface area (Å²) in [5.74, 6) is 0.274. The number of ether oxygens (including phenoxy) is 3. The van der Waals surface area contributed by atoms with Gasteiger partial charge in [0.2, 0.25) is 5.91 Å². The van der Waals surface area contributed by atoms with Gasteiger partial charge in [-0.3, -0.25) is 14.5 Å². The smallest absolute Gasteiger partial charge is 0.309 e. The summed E-state index contributed by atoms with van der Waals surface area (Å²) < 4.78 is 16.4. The van der Waals surface area contributed by atoms with Gasteiger partial charge in [0.1, 0.15) is 6.61 Å². The molecular weight excluding hydrogens is 524 g/mol. The number of carbonyl (C=O) groups is 2. The monoisotopic (exact) mass is 560 g/mol. The summed E-state index contributed by atoms with van der Waals surface area (Å²) in [6.45, 7) is 1.65. The quantitative estimate of drug-likeness (QED) is 0.212. The summed E-state index contributed by atoms with van der Waals surface area (Å²) >= 11 is 10.2. The van der Waals surface area contributed by atoms with Gasteiger partial charge in [0.05, 0.1) is 32.3 Å².